The molecule has 1 unspecified atom stereocenters. The molecule has 96 valence electrons. The number of nitrogens with one attached hydrogen (secondary N) is 2. The van der Waals surface area contributed by atoms with Gasteiger partial charge in [-0.3, -0.25) is 0 Å². The summed E-state index contributed by atoms with van der Waals surface area (Å²) in [7, 11) is 0. The van der Waals surface area contributed by atoms with E-state index >= 15 is 0 Å². The van der Waals surface area contributed by atoms with Gasteiger partial charge in [-0.2, -0.15) is 0 Å². The second-order valence-electron chi connectivity index (χ2n) is 4.73. The van der Waals surface area contributed by atoms with Crippen LogP contribution in [0.15, 0.2) is 30.3 Å². The average Bonchev–Trinajstić information content (AvgIpc) is 2.38. The number of hydrogen-bond donors (Lipinski definition) is 2. The average molecular weight is 255 g/mol. The molecule has 1 fully saturated rings. The molecule has 1 aliphatic heterocycles. The van der Waals surface area contributed by atoms with Crippen molar-refractivity contribution in [3.8, 4) is 0 Å². The fraction of sp³-hybridized carbons (Fsp3) is 0.571. The molecule has 0 aliphatic carbocycles. The highest BCUT2D eigenvalue weighted by Crippen LogP contribution is 2.14. The Morgan fingerprint density at radius 2 is 1.88 bits per heavy atom. The summed E-state index contributed by atoms with van der Waals surface area (Å²) in [5.74, 6) is 0.854. The largest absolute Gasteiger partial charge is 0.317 e. The van der Waals surface area contributed by atoms with Gasteiger partial charge in [0.05, 0.1) is 0 Å². The predicted octanol–water partition coefficient (Wildman–Crippen LogP) is 2.76. The van der Waals surface area contributed by atoms with Crippen molar-refractivity contribution in [3.63, 3.8) is 0 Å². The molecule has 1 saturated heterocycles. The van der Waals surface area contributed by atoms with Crippen LogP contribution >= 0.6 is 12.4 Å². The minimum absolute atomic E-state index is 0. The molecule has 17 heavy (non-hydrogen) atoms. The highest BCUT2D eigenvalue weighted by molar-refractivity contribution is 5.85. The topological polar surface area (TPSA) is 24.1 Å². The summed E-state index contributed by atoms with van der Waals surface area (Å²) in [5, 5.41) is 7.05. The van der Waals surface area contributed by atoms with E-state index < -0.39 is 0 Å². The van der Waals surface area contributed by atoms with Gasteiger partial charge in [0.1, 0.15) is 0 Å². The van der Waals surface area contributed by atoms with Crippen molar-refractivity contribution in [2.75, 3.05) is 19.6 Å². The smallest absolute Gasteiger partial charge is 0.0291 e. The van der Waals surface area contributed by atoms with Gasteiger partial charge in [-0.1, -0.05) is 30.3 Å². The van der Waals surface area contributed by atoms with Crippen molar-refractivity contribution < 1.29 is 0 Å². The first kappa shape index (κ1) is 14.5. The maximum Gasteiger partial charge on any atom is 0.0291 e. The normalized spacial score (nSPS) is 18.4. The van der Waals surface area contributed by atoms with Crippen LogP contribution in [0.2, 0.25) is 0 Å². The summed E-state index contributed by atoms with van der Waals surface area (Å²) in [4.78, 5) is 0. The van der Waals surface area contributed by atoms with Crippen molar-refractivity contribution >= 4 is 12.4 Å². The van der Waals surface area contributed by atoms with Crippen molar-refractivity contribution in [1.29, 1.82) is 0 Å². The summed E-state index contributed by atoms with van der Waals surface area (Å²) in [5.41, 5.74) is 1.39. The van der Waals surface area contributed by atoms with Gasteiger partial charge in [0.25, 0.3) is 0 Å². The molecule has 0 radical (unpaired) electrons. The number of benzene rings is 1. The van der Waals surface area contributed by atoms with Gasteiger partial charge in [0, 0.05) is 6.04 Å². The van der Waals surface area contributed by atoms with Crippen LogP contribution in [0, 0.1) is 5.92 Å². The molecular weight excluding hydrogens is 232 g/mol. The minimum atomic E-state index is 0. The molecule has 1 aromatic carbocycles. The van der Waals surface area contributed by atoms with E-state index in [9.17, 15) is 0 Å². The monoisotopic (exact) mass is 254 g/mol. The highest BCUT2D eigenvalue weighted by Gasteiger charge is 2.13. The van der Waals surface area contributed by atoms with Gasteiger partial charge in [-0.15, -0.1) is 12.4 Å². The molecule has 0 aromatic heterocycles. The zero-order valence-electron chi connectivity index (χ0n) is 10.5. The molecule has 2 N–H and O–H groups in total. The first-order valence-corrected chi connectivity index (χ1v) is 6.35. The van der Waals surface area contributed by atoms with E-state index in [4.69, 9.17) is 0 Å². The van der Waals surface area contributed by atoms with Crippen LogP contribution in [0.5, 0.6) is 0 Å². The summed E-state index contributed by atoms with van der Waals surface area (Å²) in [6.07, 6.45) is 2.63. The molecule has 0 saturated carbocycles. The standard InChI is InChI=1S/C14H22N2.ClH/c1-12(14-5-3-2-4-6-14)16-11-13-7-9-15-10-8-13;/h2-6,12-13,15-16H,7-11H2,1H3;1H. The first-order chi connectivity index (χ1) is 7.86. The molecule has 3 heteroatoms. The lowest BCUT2D eigenvalue weighted by Gasteiger charge is -2.25. The SMILES string of the molecule is CC(NCC1CCNCC1)c1ccccc1.Cl. The quantitative estimate of drug-likeness (QED) is 0.864. The second kappa shape index (κ2) is 7.70. The van der Waals surface area contributed by atoms with Crippen LogP contribution in [-0.2, 0) is 0 Å². The molecule has 0 bridgehead atoms. The summed E-state index contributed by atoms with van der Waals surface area (Å²) < 4.78 is 0. The maximum atomic E-state index is 3.64. The first-order valence-electron chi connectivity index (χ1n) is 6.35. The van der Waals surface area contributed by atoms with Gasteiger partial charge in [-0.25, -0.2) is 0 Å². The molecular formula is C14H23ClN2. The van der Waals surface area contributed by atoms with Crippen LogP contribution < -0.4 is 10.6 Å². The van der Waals surface area contributed by atoms with Gasteiger partial charge in [-0.05, 0) is 50.9 Å². The number of piperidine rings is 1. The van der Waals surface area contributed by atoms with Gasteiger partial charge in [0.2, 0.25) is 0 Å². The Morgan fingerprint density at radius 1 is 1.24 bits per heavy atom. The van der Waals surface area contributed by atoms with Gasteiger partial charge < -0.3 is 10.6 Å². The van der Waals surface area contributed by atoms with E-state index in [2.05, 4.69) is 47.9 Å². The molecule has 2 rings (SSSR count). The van der Waals surface area contributed by atoms with Crippen LogP contribution in [0.25, 0.3) is 0 Å². The Hall–Kier alpha value is -0.570. The third-order valence-electron chi connectivity index (χ3n) is 3.47. The molecule has 1 aliphatic rings. The van der Waals surface area contributed by atoms with Crippen LogP contribution in [0.4, 0.5) is 0 Å². The molecule has 1 heterocycles. The number of hydrogen-bond acceptors (Lipinski definition) is 2. The lowest BCUT2D eigenvalue weighted by atomic mass is 9.97. The summed E-state index contributed by atoms with van der Waals surface area (Å²) >= 11 is 0. The Morgan fingerprint density at radius 3 is 2.53 bits per heavy atom. The third-order valence-corrected chi connectivity index (χ3v) is 3.47. The fourth-order valence-electron chi connectivity index (χ4n) is 2.29. The number of halogens is 1. The Balaban J connectivity index is 0.00000144. The minimum Gasteiger partial charge on any atom is -0.317 e. The van der Waals surface area contributed by atoms with Crippen molar-refractivity contribution in [2.45, 2.75) is 25.8 Å². The Bertz CT molecular complexity index is 296. The van der Waals surface area contributed by atoms with E-state index in [0.29, 0.717) is 6.04 Å². The van der Waals surface area contributed by atoms with E-state index in [1.807, 2.05) is 0 Å². The zero-order valence-corrected chi connectivity index (χ0v) is 11.3. The molecule has 0 spiro atoms. The zero-order chi connectivity index (χ0) is 11.2. The molecule has 1 atom stereocenters. The third kappa shape index (κ3) is 4.66. The summed E-state index contributed by atoms with van der Waals surface area (Å²) in [6.45, 7) is 5.77. The lowest BCUT2D eigenvalue weighted by molar-refractivity contribution is 0.345. The van der Waals surface area contributed by atoms with Crippen molar-refractivity contribution in [1.82, 2.24) is 10.6 Å². The fourth-order valence-corrected chi connectivity index (χ4v) is 2.29. The van der Waals surface area contributed by atoms with Crippen LogP contribution in [0.1, 0.15) is 31.4 Å². The maximum absolute atomic E-state index is 3.64. The van der Waals surface area contributed by atoms with Gasteiger partial charge >= 0.3 is 0 Å². The molecule has 1 aromatic rings. The van der Waals surface area contributed by atoms with Gasteiger partial charge in [0.15, 0.2) is 0 Å². The van der Waals surface area contributed by atoms with Crippen LogP contribution in [0.3, 0.4) is 0 Å². The van der Waals surface area contributed by atoms with Crippen molar-refractivity contribution in [2.24, 2.45) is 5.92 Å². The lowest BCUT2D eigenvalue weighted by Crippen LogP contribution is -2.34. The Kier molecular flexibility index (Phi) is 6.56. The second-order valence-corrected chi connectivity index (χ2v) is 4.73. The Labute approximate surface area is 111 Å². The molecule has 2 nitrogen and oxygen atoms in total. The van der Waals surface area contributed by atoms with Crippen LogP contribution in [-0.4, -0.2) is 19.6 Å². The van der Waals surface area contributed by atoms with E-state index in [1.165, 1.54) is 31.5 Å². The summed E-state index contributed by atoms with van der Waals surface area (Å²) in [6, 6.07) is 11.1. The van der Waals surface area contributed by atoms with E-state index in [0.717, 1.165) is 12.5 Å². The van der Waals surface area contributed by atoms with E-state index in [1.54, 1.807) is 0 Å². The number of rotatable bonds is 4. The predicted molar refractivity (Wildman–Crippen MR) is 75.7 cm³/mol. The molecule has 0 amide bonds. The van der Waals surface area contributed by atoms with E-state index in [-0.39, 0.29) is 12.4 Å². The highest BCUT2D eigenvalue weighted by atomic mass is 35.5. The van der Waals surface area contributed by atoms with Crippen molar-refractivity contribution in [3.05, 3.63) is 35.9 Å².